The van der Waals surface area contributed by atoms with Crippen molar-refractivity contribution in [3.8, 4) is 5.69 Å². The Balaban J connectivity index is 1.40. The first-order valence-corrected chi connectivity index (χ1v) is 9.62. The number of carbonyl (C=O) groups is 1. The number of hydrogen-bond acceptors (Lipinski definition) is 5. The molecule has 0 saturated carbocycles. The number of ether oxygens (including phenoxy) is 1. The van der Waals surface area contributed by atoms with Crippen molar-refractivity contribution in [3.05, 3.63) is 64.9 Å². The number of benzene rings is 1. The normalized spacial score (nSPS) is 19.5. The highest BCUT2D eigenvalue weighted by atomic mass is 32.1. The quantitative estimate of drug-likeness (QED) is 0.726. The van der Waals surface area contributed by atoms with Gasteiger partial charge in [0.05, 0.1) is 35.1 Å². The molecule has 26 heavy (non-hydrogen) atoms. The third-order valence-corrected chi connectivity index (χ3v) is 5.18. The monoisotopic (exact) mass is 368 g/mol. The van der Waals surface area contributed by atoms with Crippen molar-refractivity contribution in [1.82, 2.24) is 20.1 Å². The molecule has 134 valence electrons. The van der Waals surface area contributed by atoms with Crippen LogP contribution in [0, 0.1) is 5.92 Å². The van der Waals surface area contributed by atoms with Gasteiger partial charge in [-0.3, -0.25) is 4.79 Å². The Hall–Kier alpha value is -2.51. The van der Waals surface area contributed by atoms with Crippen LogP contribution in [0.2, 0.25) is 0 Å². The standard InChI is InChI=1S/C19H20N4O2S/c24-19(20-8-6-15-12-26-13-21-15)17-7-9-25-18(17)14-10-22-23(11-14)16-4-2-1-3-5-16/h1-5,10-13,17-18H,6-9H2,(H,20,24)/t17-,18+/m0/s1. The van der Waals surface area contributed by atoms with Gasteiger partial charge in [0, 0.05) is 36.7 Å². The number of nitrogens with one attached hydrogen (secondary N) is 1. The molecule has 0 aliphatic carbocycles. The molecule has 0 radical (unpaired) electrons. The van der Waals surface area contributed by atoms with Gasteiger partial charge in [-0.15, -0.1) is 11.3 Å². The smallest absolute Gasteiger partial charge is 0.226 e. The number of thiazole rings is 1. The molecule has 3 heterocycles. The molecule has 0 spiro atoms. The first-order valence-electron chi connectivity index (χ1n) is 8.67. The molecule has 1 aliphatic heterocycles. The van der Waals surface area contributed by atoms with E-state index in [1.807, 2.05) is 52.1 Å². The summed E-state index contributed by atoms with van der Waals surface area (Å²) in [7, 11) is 0. The van der Waals surface area contributed by atoms with Crippen LogP contribution in [-0.2, 0) is 16.0 Å². The largest absolute Gasteiger partial charge is 0.373 e. The number of hydrogen-bond donors (Lipinski definition) is 1. The minimum absolute atomic E-state index is 0.0372. The van der Waals surface area contributed by atoms with Crippen LogP contribution < -0.4 is 5.32 Å². The number of para-hydroxylation sites is 1. The van der Waals surface area contributed by atoms with Crippen LogP contribution in [-0.4, -0.2) is 33.8 Å². The fourth-order valence-corrected chi connectivity index (χ4v) is 3.79. The van der Waals surface area contributed by atoms with Crippen molar-refractivity contribution in [2.24, 2.45) is 5.92 Å². The fraction of sp³-hybridized carbons (Fsp3) is 0.316. The lowest BCUT2D eigenvalue weighted by Gasteiger charge is -2.16. The second-order valence-electron chi connectivity index (χ2n) is 6.26. The number of rotatable bonds is 6. The van der Waals surface area contributed by atoms with Gasteiger partial charge in [0.1, 0.15) is 0 Å². The van der Waals surface area contributed by atoms with Crippen LogP contribution in [0.25, 0.3) is 5.69 Å². The Morgan fingerprint density at radius 1 is 1.35 bits per heavy atom. The van der Waals surface area contributed by atoms with E-state index >= 15 is 0 Å². The molecule has 1 aromatic carbocycles. The minimum Gasteiger partial charge on any atom is -0.373 e. The minimum atomic E-state index is -0.244. The average Bonchev–Trinajstić information content (AvgIpc) is 3.42. The summed E-state index contributed by atoms with van der Waals surface area (Å²) in [6.07, 6.45) is 4.97. The molecular formula is C19H20N4O2S. The summed E-state index contributed by atoms with van der Waals surface area (Å²) in [5.74, 6) is -0.144. The molecule has 6 nitrogen and oxygen atoms in total. The molecule has 0 unspecified atom stereocenters. The molecule has 1 saturated heterocycles. The van der Waals surface area contributed by atoms with Gasteiger partial charge in [0.25, 0.3) is 0 Å². The lowest BCUT2D eigenvalue weighted by molar-refractivity contribution is -0.126. The Kier molecular flexibility index (Phi) is 5.08. The molecular weight excluding hydrogens is 348 g/mol. The zero-order valence-corrected chi connectivity index (χ0v) is 15.1. The number of carbonyl (C=O) groups excluding carboxylic acids is 1. The van der Waals surface area contributed by atoms with Gasteiger partial charge in [0.2, 0.25) is 5.91 Å². The topological polar surface area (TPSA) is 69.0 Å². The van der Waals surface area contributed by atoms with Crippen LogP contribution in [0.3, 0.4) is 0 Å². The second-order valence-corrected chi connectivity index (χ2v) is 6.98. The van der Waals surface area contributed by atoms with Crippen molar-refractivity contribution in [2.75, 3.05) is 13.2 Å². The zero-order valence-electron chi connectivity index (χ0n) is 14.2. The highest BCUT2D eigenvalue weighted by molar-refractivity contribution is 7.07. The summed E-state index contributed by atoms with van der Waals surface area (Å²) >= 11 is 1.57. The Morgan fingerprint density at radius 2 is 2.23 bits per heavy atom. The first kappa shape index (κ1) is 16.9. The van der Waals surface area contributed by atoms with E-state index in [1.165, 1.54) is 0 Å². The van der Waals surface area contributed by atoms with E-state index in [4.69, 9.17) is 4.74 Å². The molecule has 4 rings (SSSR count). The summed E-state index contributed by atoms with van der Waals surface area (Å²) in [6.45, 7) is 1.18. The number of aromatic nitrogens is 3. The van der Waals surface area contributed by atoms with Crippen LogP contribution >= 0.6 is 11.3 Å². The van der Waals surface area contributed by atoms with Crippen LogP contribution in [0.15, 0.2) is 53.6 Å². The van der Waals surface area contributed by atoms with Crippen molar-refractivity contribution in [1.29, 1.82) is 0 Å². The van der Waals surface area contributed by atoms with Gasteiger partial charge < -0.3 is 10.1 Å². The van der Waals surface area contributed by atoms with Crippen molar-refractivity contribution in [2.45, 2.75) is 18.9 Å². The number of amides is 1. The predicted octanol–water partition coefficient (Wildman–Crippen LogP) is 2.77. The molecule has 1 aliphatic rings. The van der Waals surface area contributed by atoms with E-state index in [0.29, 0.717) is 13.2 Å². The van der Waals surface area contributed by atoms with E-state index in [1.54, 1.807) is 17.5 Å². The zero-order chi connectivity index (χ0) is 17.8. The molecule has 2 atom stereocenters. The molecule has 1 N–H and O–H groups in total. The van der Waals surface area contributed by atoms with Gasteiger partial charge in [-0.05, 0) is 18.6 Å². The second kappa shape index (κ2) is 7.80. The molecule has 0 bridgehead atoms. The Morgan fingerprint density at radius 3 is 3.04 bits per heavy atom. The van der Waals surface area contributed by atoms with E-state index in [9.17, 15) is 4.79 Å². The van der Waals surface area contributed by atoms with Gasteiger partial charge in [-0.1, -0.05) is 18.2 Å². The molecule has 1 amide bonds. The third-order valence-electron chi connectivity index (χ3n) is 4.54. The van der Waals surface area contributed by atoms with Gasteiger partial charge >= 0.3 is 0 Å². The molecule has 3 aromatic rings. The molecule has 2 aromatic heterocycles. The maximum atomic E-state index is 12.6. The van der Waals surface area contributed by atoms with Crippen LogP contribution in [0.1, 0.15) is 23.8 Å². The van der Waals surface area contributed by atoms with E-state index < -0.39 is 0 Å². The predicted molar refractivity (Wildman–Crippen MR) is 99.2 cm³/mol. The molecule has 7 heteroatoms. The van der Waals surface area contributed by atoms with Crippen molar-refractivity contribution < 1.29 is 9.53 Å². The summed E-state index contributed by atoms with van der Waals surface area (Å²) in [4.78, 5) is 16.8. The number of nitrogens with zero attached hydrogens (tertiary/aromatic N) is 3. The van der Waals surface area contributed by atoms with E-state index in [-0.39, 0.29) is 17.9 Å². The first-order chi connectivity index (χ1) is 12.8. The fourth-order valence-electron chi connectivity index (χ4n) is 3.20. The maximum Gasteiger partial charge on any atom is 0.226 e. The SMILES string of the molecule is O=C(NCCc1cscn1)[C@H]1CCO[C@@H]1c1cnn(-c2ccccc2)c1. The van der Waals surface area contributed by atoms with Crippen LogP contribution in [0.5, 0.6) is 0 Å². The summed E-state index contributed by atoms with van der Waals surface area (Å²) in [6, 6.07) is 9.91. The Labute approximate surface area is 155 Å². The third kappa shape index (κ3) is 3.68. The molecule has 1 fully saturated rings. The average molecular weight is 368 g/mol. The highest BCUT2D eigenvalue weighted by Crippen LogP contribution is 2.34. The lowest BCUT2D eigenvalue weighted by Crippen LogP contribution is -2.33. The Bertz CT molecular complexity index is 848. The summed E-state index contributed by atoms with van der Waals surface area (Å²) in [5, 5.41) is 9.44. The summed E-state index contributed by atoms with van der Waals surface area (Å²) < 4.78 is 7.66. The van der Waals surface area contributed by atoms with E-state index in [2.05, 4.69) is 15.4 Å². The maximum absolute atomic E-state index is 12.6. The van der Waals surface area contributed by atoms with Crippen molar-refractivity contribution in [3.63, 3.8) is 0 Å². The van der Waals surface area contributed by atoms with Gasteiger partial charge in [-0.2, -0.15) is 5.10 Å². The highest BCUT2D eigenvalue weighted by Gasteiger charge is 2.35. The van der Waals surface area contributed by atoms with Gasteiger partial charge in [0.15, 0.2) is 0 Å². The van der Waals surface area contributed by atoms with Crippen LogP contribution in [0.4, 0.5) is 0 Å². The summed E-state index contributed by atoms with van der Waals surface area (Å²) in [5.41, 5.74) is 4.74. The lowest BCUT2D eigenvalue weighted by atomic mass is 9.96. The van der Waals surface area contributed by atoms with Crippen molar-refractivity contribution >= 4 is 17.2 Å². The van der Waals surface area contributed by atoms with Gasteiger partial charge in [-0.25, -0.2) is 9.67 Å². The van der Waals surface area contributed by atoms with E-state index in [0.717, 1.165) is 29.8 Å².